The standard InChI is InChI=1S/C10H20N2S/c1-8(7-9(11)13)12-6-4-5-10(12,2)3/h8H,4-7H2,1-3H3,(H2,11,13). The summed E-state index contributed by atoms with van der Waals surface area (Å²) in [6.07, 6.45) is 3.43. The van der Waals surface area contributed by atoms with Crippen LogP contribution in [-0.2, 0) is 0 Å². The molecule has 1 rings (SSSR count). The van der Waals surface area contributed by atoms with Crippen LogP contribution in [0.3, 0.4) is 0 Å². The summed E-state index contributed by atoms with van der Waals surface area (Å²) in [7, 11) is 0. The van der Waals surface area contributed by atoms with Crippen molar-refractivity contribution >= 4 is 17.2 Å². The Balaban J connectivity index is 2.55. The molecule has 0 aliphatic carbocycles. The van der Waals surface area contributed by atoms with Gasteiger partial charge in [-0.05, 0) is 40.2 Å². The number of nitrogens with zero attached hydrogens (tertiary/aromatic N) is 1. The second kappa shape index (κ2) is 3.93. The fourth-order valence-electron chi connectivity index (χ4n) is 2.35. The predicted octanol–water partition coefficient (Wildman–Crippen LogP) is 1.93. The Morgan fingerprint density at radius 1 is 1.62 bits per heavy atom. The van der Waals surface area contributed by atoms with E-state index < -0.39 is 0 Å². The van der Waals surface area contributed by atoms with E-state index in [-0.39, 0.29) is 0 Å². The Morgan fingerprint density at radius 3 is 2.62 bits per heavy atom. The van der Waals surface area contributed by atoms with Crippen LogP contribution in [0.1, 0.15) is 40.0 Å². The molecule has 0 aromatic carbocycles. The second-order valence-corrected chi connectivity index (χ2v) is 5.15. The molecular weight excluding hydrogens is 180 g/mol. The molecule has 2 N–H and O–H groups in total. The quantitative estimate of drug-likeness (QED) is 0.706. The third-order valence-electron chi connectivity index (χ3n) is 2.99. The van der Waals surface area contributed by atoms with Crippen LogP contribution in [0.5, 0.6) is 0 Å². The molecule has 2 nitrogen and oxygen atoms in total. The van der Waals surface area contributed by atoms with Crippen LogP contribution in [0, 0.1) is 0 Å². The summed E-state index contributed by atoms with van der Waals surface area (Å²) >= 11 is 4.93. The molecule has 1 fully saturated rings. The minimum absolute atomic E-state index is 0.338. The Labute approximate surface area is 86.5 Å². The number of thiocarbonyl (C=S) groups is 1. The zero-order valence-electron chi connectivity index (χ0n) is 8.84. The van der Waals surface area contributed by atoms with Gasteiger partial charge in [0, 0.05) is 18.0 Å². The third kappa shape index (κ3) is 2.64. The van der Waals surface area contributed by atoms with Gasteiger partial charge in [0.15, 0.2) is 0 Å². The molecule has 1 atom stereocenters. The highest BCUT2D eigenvalue weighted by Crippen LogP contribution is 2.30. The van der Waals surface area contributed by atoms with E-state index in [0.717, 1.165) is 6.42 Å². The van der Waals surface area contributed by atoms with Gasteiger partial charge in [-0.2, -0.15) is 0 Å². The van der Waals surface area contributed by atoms with E-state index in [1.807, 2.05) is 0 Å². The first kappa shape index (κ1) is 10.9. The maximum absolute atomic E-state index is 5.55. The average molecular weight is 200 g/mol. The summed E-state index contributed by atoms with van der Waals surface area (Å²) in [5, 5.41) is 0. The molecule has 1 unspecified atom stereocenters. The highest BCUT2D eigenvalue weighted by molar-refractivity contribution is 7.80. The van der Waals surface area contributed by atoms with Crippen molar-refractivity contribution in [2.75, 3.05) is 6.54 Å². The van der Waals surface area contributed by atoms with Gasteiger partial charge in [-0.1, -0.05) is 12.2 Å². The average Bonchev–Trinajstić information content (AvgIpc) is 2.27. The first-order valence-corrected chi connectivity index (χ1v) is 5.39. The van der Waals surface area contributed by atoms with Crippen molar-refractivity contribution in [3.63, 3.8) is 0 Å². The summed E-state index contributed by atoms with van der Waals surface area (Å²) in [4.78, 5) is 3.15. The predicted molar refractivity (Wildman–Crippen MR) is 60.9 cm³/mol. The molecule has 1 saturated heterocycles. The van der Waals surface area contributed by atoms with Gasteiger partial charge in [0.2, 0.25) is 0 Å². The number of hydrogen-bond donors (Lipinski definition) is 1. The van der Waals surface area contributed by atoms with Gasteiger partial charge < -0.3 is 5.73 Å². The molecule has 76 valence electrons. The van der Waals surface area contributed by atoms with Crippen LogP contribution >= 0.6 is 12.2 Å². The highest BCUT2D eigenvalue weighted by Gasteiger charge is 2.34. The van der Waals surface area contributed by atoms with Gasteiger partial charge >= 0.3 is 0 Å². The van der Waals surface area contributed by atoms with Crippen LogP contribution in [0.25, 0.3) is 0 Å². The van der Waals surface area contributed by atoms with E-state index in [0.29, 0.717) is 16.6 Å². The Hall–Kier alpha value is -0.150. The highest BCUT2D eigenvalue weighted by atomic mass is 32.1. The normalized spacial score (nSPS) is 24.5. The lowest BCUT2D eigenvalue weighted by molar-refractivity contribution is 0.129. The summed E-state index contributed by atoms with van der Waals surface area (Å²) in [5.74, 6) is 0. The topological polar surface area (TPSA) is 29.3 Å². The smallest absolute Gasteiger partial charge is 0.0742 e. The zero-order valence-corrected chi connectivity index (χ0v) is 9.66. The summed E-state index contributed by atoms with van der Waals surface area (Å²) in [5.41, 5.74) is 5.89. The number of hydrogen-bond acceptors (Lipinski definition) is 2. The van der Waals surface area contributed by atoms with Gasteiger partial charge in [-0.25, -0.2) is 0 Å². The minimum Gasteiger partial charge on any atom is -0.393 e. The first-order valence-electron chi connectivity index (χ1n) is 4.98. The molecule has 1 aliphatic heterocycles. The zero-order chi connectivity index (χ0) is 10.1. The molecule has 13 heavy (non-hydrogen) atoms. The van der Waals surface area contributed by atoms with Crippen molar-refractivity contribution in [3.05, 3.63) is 0 Å². The molecule has 0 aromatic heterocycles. The molecule has 0 radical (unpaired) electrons. The second-order valence-electron chi connectivity index (χ2n) is 4.63. The third-order valence-corrected chi connectivity index (χ3v) is 3.16. The van der Waals surface area contributed by atoms with Gasteiger partial charge in [0.05, 0.1) is 4.99 Å². The van der Waals surface area contributed by atoms with Crippen molar-refractivity contribution in [1.29, 1.82) is 0 Å². The van der Waals surface area contributed by atoms with Gasteiger partial charge in [-0.15, -0.1) is 0 Å². The lowest BCUT2D eigenvalue weighted by atomic mass is 10.00. The van der Waals surface area contributed by atoms with Gasteiger partial charge in [-0.3, -0.25) is 4.90 Å². The molecule has 1 aliphatic rings. The lowest BCUT2D eigenvalue weighted by Gasteiger charge is -2.36. The Bertz CT molecular complexity index is 201. The fourth-order valence-corrected chi connectivity index (χ4v) is 2.59. The van der Waals surface area contributed by atoms with Gasteiger partial charge in [0.1, 0.15) is 0 Å². The van der Waals surface area contributed by atoms with Crippen LogP contribution in [0.2, 0.25) is 0 Å². The van der Waals surface area contributed by atoms with E-state index in [1.165, 1.54) is 19.4 Å². The van der Waals surface area contributed by atoms with E-state index in [9.17, 15) is 0 Å². The maximum Gasteiger partial charge on any atom is 0.0742 e. The molecule has 0 amide bonds. The van der Waals surface area contributed by atoms with Crippen LogP contribution < -0.4 is 5.73 Å². The maximum atomic E-state index is 5.55. The molecule has 1 heterocycles. The summed E-state index contributed by atoms with van der Waals surface area (Å²) in [6, 6.07) is 0.495. The van der Waals surface area contributed by atoms with E-state index in [4.69, 9.17) is 18.0 Å². The minimum atomic E-state index is 0.338. The van der Waals surface area contributed by atoms with Crippen LogP contribution in [0.15, 0.2) is 0 Å². The molecule has 0 aromatic rings. The molecule has 0 spiro atoms. The largest absolute Gasteiger partial charge is 0.393 e. The lowest BCUT2D eigenvalue weighted by Crippen LogP contribution is -2.45. The summed E-state index contributed by atoms with van der Waals surface area (Å²) < 4.78 is 0. The Morgan fingerprint density at radius 2 is 2.23 bits per heavy atom. The van der Waals surface area contributed by atoms with E-state index in [1.54, 1.807) is 0 Å². The van der Waals surface area contributed by atoms with E-state index in [2.05, 4.69) is 25.7 Å². The van der Waals surface area contributed by atoms with Crippen molar-refractivity contribution in [1.82, 2.24) is 4.90 Å². The number of nitrogens with two attached hydrogens (primary N) is 1. The van der Waals surface area contributed by atoms with E-state index >= 15 is 0 Å². The number of likely N-dealkylation sites (tertiary alicyclic amines) is 1. The van der Waals surface area contributed by atoms with Gasteiger partial charge in [0.25, 0.3) is 0 Å². The van der Waals surface area contributed by atoms with Crippen molar-refractivity contribution in [3.8, 4) is 0 Å². The summed E-state index contributed by atoms with van der Waals surface area (Å²) in [6.45, 7) is 8.01. The molecule has 0 bridgehead atoms. The van der Waals surface area contributed by atoms with Crippen molar-refractivity contribution in [2.45, 2.75) is 51.6 Å². The molecular formula is C10H20N2S. The van der Waals surface area contributed by atoms with Crippen molar-refractivity contribution in [2.24, 2.45) is 5.73 Å². The monoisotopic (exact) mass is 200 g/mol. The van der Waals surface area contributed by atoms with Crippen molar-refractivity contribution < 1.29 is 0 Å². The van der Waals surface area contributed by atoms with Crippen LogP contribution in [-0.4, -0.2) is 28.0 Å². The van der Waals surface area contributed by atoms with Crippen LogP contribution in [0.4, 0.5) is 0 Å². The Kier molecular flexibility index (Phi) is 3.30. The SMILES string of the molecule is CC(CC(N)=S)N1CCCC1(C)C. The first-order chi connectivity index (χ1) is 5.93. The number of rotatable bonds is 3. The molecule has 3 heteroatoms. The fraction of sp³-hybridized carbons (Fsp3) is 0.900. The molecule has 0 saturated carbocycles.